The van der Waals surface area contributed by atoms with E-state index in [-0.39, 0.29) is 5.91 Å². The molecule has 0 radical (unpaired) electrons. The molecule has 1 aromatic rings. The summed E-state index contributed by atoms with van der Waals surface area (Å²) in [6.07, 6.45) is 1.42. The number of para-hydroxylation sites is 1. The first-order chi connectivity index (χ1) is 8.65. The average Bonchev–Trinajstić information content (AvgIpc) is 2.34. The summed E-state index contributed by atoms with van der Waals surface area (Å²) in [7, 11) is 0. The Morgan fingerprint density at radius 3 is 2.56 bits per heavy atom. The average molecular weight is 307 g/mol. The number of carbonyl (C=O) groups is 1. The number of thioether (sulfide) groups is 1. The quantitative estimate of drug-likeness (QED) is 0.759. The highest BCUT2D eigenvalue weighted by Crippen LogP contribution is 2.29. The van der Waals surface area contributed by atoms with Gasteiger partial charge in [-0.05, 0) is 30.9 Å². The molecule has 0 spiro atoms. The van der Waals surface area contributed by atoms with Crippen molar-refractivity contribution in [3.05, 3.63) is 28.2 Å². The zero-order valence-corrected chi connectivity index (χ0v) is 12.2. The Bertz CT molecular complexity index is 381. The summed E-state index contributed by atoms with van der Waals surface area (Å²) >= 11 is 13.6. The van der Waals surface area contributed by atoms with Gasteiger partial charge in [0.2, 0.25) is 5.91 Å². The summed E-state index contributed by atoms with van der Waals surface area (Å²) < 4.78 is 0. The van der Waals surface area contributed by atoms with E-state index in [1.807, 2.05) is 0 Å². The van der Waals surface area contributed by atoms with Crippen molar-refractivity contribution in [1.82, 2.24) is 0 Å². The molecule has 0 aromatic heterocycles. The first-order valence-electron chi connectivity index (χ1n) is 5.67. The van der Waals surface area contributed by atoms with Gasteiger partial charge in [-0.1, -0.05) is 29.3 Å². The molecule has 0 aliphatic heterocycles. The monoisotopic (exact) mass is 306 g/mol. The summed E-state index contributed by atoms with van der Waals surface area (Å²) in [4.78, 5) is 11.7. The fourth-order valence-corrected chi connectivity index (χ4v) is 2.67. The lowest BCUT2D eigenvalue weighted by molar-refractivity contribution is -0.115. The van der Waals surface area contributed by atoms with Crippen LogP contribution in [0.1, 0.15) is 12.8 Å². The second kappa shape index (κ2) is 8.64. The van der Waals surface area contributed by atoms with Crippen LogP contribution in [-0.2, 0) is 4.79 Å². The molecule has 0 unspecified atom stereocenters. The number of benzene rings is 1. The minimum absolute atomic E-state index is 0.0785. The summed E-state index contributed by atoms with van der Waals surface area (Å²) in [5.41, 5.74) is 5.87. The molecule has 0 atom stereocenters. The van der Waals surface area contributed by atoms with E-state index in [9.17, 15) is 4.79 Å². The number of rotatable bonds is 7. The molecule has 0 aliphatic carbocycles. The molecule has 0 saturated carbocycles. The molecule has 100 valence electrons. The normalized spacial score (nSPS) is 10.4. The van der Waals surface area contributed by atoms with Crippen LogP contribution in [0.25, 0.3) is 0 Å². The SMILES string of the molecule is NCCCSCCC(=O)Nc1c(Cl)cccc1Cl. The van der Waals surface area contributed by atoms with Crippen LogP contribution in [0.2, 0.25) is 10.0 Å². The Labute approximate surface area is 121 Å². The molecule has 3 N–H and O–H groups in total. The Hall–Kier alpha value is -0.420. The van der Waals surface area contributed by atoms with Gasteiger partial charge in [0.25, 0.3) is 0 Å². The minimum Gasteiger partial charge on any atom is -0.330 e. The summed E-state index contributed by atoms with van der Waals surface area (Å²) in [5.74, 6) is 1.68. The molecular formula is C12H16Cl2N2OS. The first kappa shape index (κ1) is 15.6. The highest BCUT2D eigenvalue weighted by molar-refractivity contribution is 7.99. The third-order valence-corrected chi connectivity index (χ3v) is 3.89. The zero-order valence-electron chi connectivity index (χ0n) is 9.92. The molecular weight excluding hydrogens is 291 g/mol. The maximum Gasteiger partial charge on any atom is 0.225 e. The zero-order chi connectivity index (χ0) is 13.4. The number of hydrogen-bond donors (Lipinski definition) is 2. The van der Waals surface area contributed by atoms with Crippen LogP contribution < -0.4 is 11.1 Å². The second-order valence-electron chi connectivity index (χ2n) is 3.65. The maximum absolute atomic E-state index is 11.7. The number of halogens is 2. The molecule has 0 fully saturated rings. The summed E-state index contributed by atoms with van der Waals surface area (Å²) in [6, 6.07) is 5.13. The maximum atomic E-state index is 11.7. The van der Waals surface area contributed by atoms with Gasteiger partial charge in [0.05, 0.1) is 15.7 Å². The topological polar surface area (TPSA) is 55.1 Å². The predicted molar refractivity (Wildman–Crippen MR) is 80.7 cm³/mol. The molecule has 18 heavy (non-hydrogen) atoms. The van der Waals surface area contributed by atoms with E-state index < -0.39 is 0 Å². The Morgan fingerprint density at radius 2 is 1.94 bits per heavy atom. The van der Waals surface area contributed by atoms with Crippen molar-refractivity contribution < 1.29 is 4.79 Å². The molecule has 0 bridgehead atoms. The largest absolute Gasteiger partial charge is 0.330 e. The Morgan fingerprint density at radius 1 is 1.28 bits per heavy atom. The lowest BCUT2D eigenvalue weighted by Crippen LogP contribution is -2.13. The molecule has 1 aromatic carbocycles. The fraction of sp³-hybridized carbons (Fsp3) is 0.417. The van der Waals surface area contributed by atoms with Crippen LogP contribution in [0, 0.1) is 0 Å². The highest BCUT2D eigenvalue weighted by Gasteiger charge is 2.09. The molecule has 0 heterocycles. The highest BCUT2D eigenvalue weighted by atomic mass is 35.5. The van der Waals surface area contributed by atoms with Crippen molar-refractivity contribution in [3.8, 4) is 0 Å². The van der Waals surface area contributed by atoms with Crippen molar-refractivity contribution in [3.63, 3.8) is 0 Å². The third kappa shape index (κ3) is 5.48. The third-order valence-electron chi connectivity index (χ3n) is 2.19. The number of carbonyl (C=O) groups excluding carboxylic acids is 1. The van der Waals surface area contributed by atoms with Gasteiger partial charge in [0.1, 0.15) is 0 Å². The molecule has 6 heteroatoms. The van der Waals surface area contributed by atoms with Crippen LogP contribution >= 0.6 is 35.0 Å². The van der Waals surface area contributed by atoms with Crippen molar-refractivity contribution in [1.29, 1.82) is 0 Å². The van der Waals surface area contributed by atoms with Crippen LogP contribution in [-0.4, -0.2) is 24.0 Å². The van der Waals surface area contributed by atoms with Crippen LogP contribution in [0.15, 0.2) is 18.2 Å². The van der Waals surface area contributed by atoms with E-state index in [2.05, 4.69) is 5.32 Å². The van der Waals surface area contributed by atoms with Crippen molar-refractivity contribution >= 4 is 46.6 Å². The number of hydrogen-bond acceptors (Lipinski definition) is 3. The fourth-order valence-electron chi connectivity index (χ4n) is 1.27. The Balaban J connectivity index is 2.36. The number of amides is 1. The van der Waals surface area contributed by atoms with E-state index in [4.69, 9.17) is 28.9 Å². The van der Waals surface area contributed by atoms with Gasteiger partial charge >= 0.3 is 0 Å². The van der Waals surface area contributed by atoms with E-state index in [1.165, 1.54) is 0 Å². The van der Waals surface area contributed by atoms with Gasteiger partial charge < -0.3 is 11.1 Å². The van der Waals surface area contributed by atoms with Gasteiger partial charge in [-0.25, -0.2) is 0 Å². The molecule has 3 nitrogen and oxygen atoms in total. The van der Waals surface area contributed by atoms with Crippen molar-refractivity contribution in [2.24, 2.45) is 5.73 Å². The van der Waals surface area contributed by atoms with E-state index >= 15 is 0 Å². The van der Waals surface area contributed by atoms with E-state index in [0.29, 0.717) is 28.7 Å². The predicted octanol–water partition coefficient (Wildman–Crippen LogP) is 3.40. The van der Waals surface area contributed by atoms with Gasteiger partial charge in [-0.15, -0.1) is 0 Å². The van der Waals surface area contributed by atoms with Gasteiger partial charge in [0.15, 0.2) is 0 Å². The van der Waals surface area contributed by atoms with E-state index in [1.54, 1.807) is 30.0 Å². The minimum atomic E-state index is -0.0785. The smallest absolute Gasteiger partial charge is 0.225 e. The standard InChI is InChI=1S/C12H16Cl2N2OS/c13-9-3-1-4-10(14)12(9)16-11(17)5-8-18-7-2-6-15/h1,3-4H,2,5-8,15H2,(H,16,17). The molecule has 0 saturated heterocycles. The van der Waals surface area contributed by atoms with Gasteiger partial charge in [-0.2, -0.15) is 11.8 Å². The molecule has 1 rings (SSSR count). The first-order valence-corrected chi connectivity index (χ1v) is 7.58. The van der Waals surface area contributed by atoms with Crippen LogP contribution in [0.5, 0.6) is 0 Å². The number of nitrogens with one attached hydrogen (secondary N) is 1. The lowest BCUT2D eigenvalue weighted by atomic mass is 10.3. The number of anilines is 1. The van der Waals surface area contributed by atoms with Crippen LogP contribution in [0.3, 0.4) is 0 Å². The van der Waals surface area contributed by atoms with Gasteiger partial charge in [0, 0.05) is 12.2 Å². The van der Waals surface area contributed by atoms with Crippen molar-refractivity contribution in [2.75, 3.05) is 23.4 Å². The number of nitrogens with two attached hydrogens (primary N) is 1. The summed E-state index contributed by atoms with van der Waals surface area (Å²) in [6.45, 7) is 0.689. The lowest BCUT2D eigenvalue weighted by Gasteiger charge is -2.08. The Kier molecular flexibility index (Phi) is 7.51. The van der Waals surface area contributed by atoms with Gasteiger partial charge in [-0.3, -0.25) is 4.79 Å². The summed E-state index contributed by atoms with van der Waals surface area (Å²) in [5, 5.41) is 3.63. The second-order valence-corrected chi connectivity index (χ2v) is 5.69. The molecule has 0 aliphatic rings. The van der Waals surface area contributed by atoms with E-state index in [0.717, 1.165) is 17.9 Å². The van der Waals surface area contributed by atoms with Crippen molar-refractivity contribution in [2.45, 2.75) is 12.8 Å². The van der Waals surface area contributed by atoms with Crippen LogP contribution in [0.4, 0.5) is 5.69 Å². The molecule has 1 amide bonds.